The van der Waals surface area contributed by atoms with Gasteiger partial charge in [0.1, 0.15) is 5.82 Å². The van der Waals surface area contributed by atoms with Crippen molar-refractivity contribution in [1.82, 2.24) is 0 Å². The third kappa shape index (κ3) is 3.78. The van der Waals surface area contributed by atoms with Crippen molar-refractivity contribution >= 4 is 67.6 Å². The molecule has 1 amide bonds. The van der Waals surface area contributed by atoms with Crippen LogP contribution in [0.1, 0.15) is 5.56 Å². The average molecular weight is 437 g/mol. The predicted molar refractivity (Wildman–Crippen MR) is 111 cm³/mol. The maximum absolute atomic E-state index is 13.1. The molecule has 0 atom stereocenters. The van der Waals surface area contributed by atoms with Crippen molar-refractivity contribution in [3.63, 3.8) is 0 Å². The Hall–Kier alpha value is -1.70. The van der Waals surface area contributed by atoms with Crippen LogP contribution in [-0.2, 0) is 4.79 Å². The number of hydrogen-bond donors (Lipinski definition) is 0. The van der Waals surface area contributed by atoms with Gasteiger partial charge in [0.2, 0.25) is 0 Å². The number of thiocarbonyl (C=S) groups is 1. The molecule has 0 aromatic heterocycles. The molecule has 128 valence electrons. The minimum atomic E-state index is -0.351. The molecule has 0 saturated carbocycles. The van der Waals surface area contributed by atoms with Crippen LogP contribution < -0.4 is 9.80 Å². The van der Waals surface area contributed by atoms with Gasteiger partial charge in [-0.05, 0) is 64.0 Å². The van der Waals surface area contributed by atoms with Gasteiger partial charge >= 0.3 is 0 Å². The van der Waals surface area contributed by atoms with E-state index < -0.39 is 0 Å². The lowest BCUT2D eigenvalue weighted by Crippen LogP contribution is -2.27. The van der Waals surface area contributed by atoms with Crippen LogP contribution in [0, 0.1) is 5.82 Å². The highest BCUT2D eigenvalue weighted by Crippen LogP contribution is 2.36. The first-order chi connectivity index (χ1) is 11.9. The van der Waals surface area contributed by atoms with E-state index in [9.17, 15) is 9.18 Å². The number of carbonyl (C=O) groups excluding carboxylic acids is 1. The zero-order valence-corrected chi connectivity index (χ0v) is 16.7. The summed E-state index contributed by atoms with van der Waals surface area (Å²) in [5.41, 5.74) is 2.52. The minimum absolute atomic E-state index is 0.200. The lowest BCUT2D eigenvalue weighted by molar-refractivity contribution is -0.113. The van der Waals surface area contributed by atoms with Crippen LogP contribution in [-0.4, -0.2) is 24.3 Å². The molecule has 0 bridgehead atoms. The fourth-order valence-corrected chi connectivity index (χ4v) is 4.46. The lowest BCUT2D eigenvalue weighted by atomic mass is 10.2. The Labute approximate surface area is 163 Å². The van der Waals surface area contributed by atoms with E-state index in [0.29, 0.717) is 14.9 Å². The second-order valence-electron chi connectivity index (χ2n) is 5.60. The van der Waals surface area contributed by atoms with Crippen LogP contribution in [0.3, 0.4) is 0 Å². The normalized spacial score (nSPS) is 16.0. The molecular formula is C18H14BrFN2OS2. The fourth-order valence-electron chi connectivity index (χ4n) is 2.41. The molecule has 0 N–H and O–H groups in total. The van der Waals surface area contributed by atoms with E-state index in [2.05, 4.69) is 15.9 Å². The van der Waals surface area contributed by atoms with E-state index in [-0.39, 0.29) is 11.7 Å². The van der Waals surface area contributed by atoms with E-state index in [1.165, 1.54) is 28.8 Å². The summed E-state index contributed by atoms with van der Waals surface area (Å²) in [6.07, 6.45) is 1.81. The van der Waals surface area contributed by atoms with Crippen molar-refractivity contribution in [3.05, 3.63) is 63.2 Å². The monoisotopic (exact) mass is 436 g/mol. The maximum atomic E-state index is 13.1. The number of carbonyl (C=O) groups is 1. The van der Waals surface area contributed by atoms with Crippen LogP contribution >= 0.6 is 39.9 Å². The van der Waals surface area contributed by atoms with Crippen LogP contribution in [0.15, 0.2) is 51.8 Å². The fraction of sp³-hybridized carbons (Fsp3) is 0.111. The van der Waals surface area contributed by atoms with Gasteiger partial charge in [-0.25, -0.2) is 4.39 Å². The number of rotatable bonds is 3. The summed E-state index contributed by atoms with van der Waals surface area (Å²) in [4.78, 5) is 16.7. The summed E-state index contributed by atoms with van der Waals surface area (Å²) in [5, 5.41) is 0. The van der Waals surface area contributed by atoms with Gasteiger partial charge in [0.15, 0.2) is 4.32 Å². The standard InChI is InChI=1S/C18H14BrFN2OS2/c1-21(2)15-8-3-11(9-14(15)19)10-16-17(23)22(18(24)25-16)13-6-4-12(20)5-7-13/h3-10H,1-2H3/b16-10-. The zero-order valence-electron chi connectivity index (χ0n) is 13.5. The summed E-state index contributed by atoms with van der Waals surface area (Å²) in [7, 11) is 3.93. The third-order valence-electron chi connectivity index (χ3n) is 3.63. The molecule has 0 unspecified atom stereocenters. The first kappa shape index (κ1) is 18.1. The Kier molecular flexibility index (Phi) is 5.27. The van der Waals surface area contributed by atoms with Crippen LogP contribution in [0.4, 0.5) is 15.8 Å². The molecule has 2 aromatic carbocycles. The Morgan fingerprint density at radius 2 is 1.88 bits per heavy atom. The molecule has 1 heterocycles. The molecule has 3 nitrogen and oxygen atoms in total. The van der Waals surface area contributed by atoms with Gasteiger partial charge in [-0.3, -0.25) is 9.69 Å². The molecule has 0 radical (unpaired) electrons. The molecule has 3 rings (SSSR count). The van der Waals surface area contributed by atoms with Gasteiger partial charge in [-0.15, -0.1) is 0 Å². The van der Waals surface area contributed by atoms with Gasteiger partial charge in [-0.2, -0.15) is 0 Å². The molecule has 1 saturated heterocycles. The number of benzene rings is 2. The Morgan fingerprint density at radius 3 is 2.48 bits per heavy atom. The van der Waals surface area contributed by atoms with Gasteiger partial charge in [-0.1, -0.05) is 30.0 Å². The van der Waals surface area contributed by atoms with Crippen molar-refractivity contribution in [2.24, 2.45) is 0 Å². The largest absolute Gasteiger partial charge is 0.377 e. The summed E-state index contributed by atoms with van der Waals surface area (Å²) in [6.45, 7) is 0. The van der Waals surface area contributed by atoms with E-state index in [1.54, 1.807) is 12.1 Å². The zero-order chi connectivity index (χ0) is 18.1. The van der Waals surface area contributed by atoms with Gasteiger partial charge in [0.25, 0.3) is 5.91 Å². The number of nitrogens with zero attached hydrogens (tertiary/aromatic N) is 2. The van der Waals surface area contributed by atoms with Crippen LogP contribution in [0.2, 0.25) is 0 Å². The van der Waals surface area contributed by atoms with E-state index in [0.717, 1.165) is 15.7 Å². The summed E-state index contributed by atoms with van der Waals surface area (Å²) >= 11 is 10.1. The molecule has 0 aliphatic carbocycles. The average Bonchev–Trinajstić information content (AvgIpc) is 2.82. The molecule has 1 fully saturated rings. The highest BCUT2D eigenvalue weighted by atomic mass is 79.9. The number of anilines is 2. The first-order valence-corrected chi connectivity index (χ1v) is 9.39. The molecule has 1 aliphatic heterocycles. The maximum Gasteiger partial charge on any atom is 0.270 e. The van der Waals surface area contributed by atoms with Crippen molar-refractivity contribution in [3.8, 4) is 0 Å². The molecule has 2 aromatic rings. The van der Waals surface area contributed by atoms with E-state index in [1.807, 2.05) is 43.3 Å². The Balaban J connectivity index is 1.90. The van der Waals surface area contributed by atoms with Crippen LogP contribution in [0.5, 0.6) is 0 Å². The van der Waals surface area contributed by atoms with Crippen molar-refractivity contribution in [1.29, 1.82) is 0 Å². The van der Waals surface area contributed by atoms with Crippen molar-refractivity contribution in [2.75, 3.05) is 23.9 Å². The SMILES string of the molecule is CN(C)c1ccc(/C=C2\SC(=S)N(c3ccc(F)cc3)C2=O)cc1Br. The van der Waals surface area contributed by atoms with Gasteiger partial charge in [0, 0.05) is 18.6 Å². The van der Waals surface area contributed by atoms with Crippen molar-refractivity contribution < 1.29 is 9.18 Å². The summed E-state index contributed by atoms with van der Waals surface area (Å²) < 4.78 is 14.5. The van der Waals surface area contributed by atoms with E-state index in [4.69, 9.17) is 12.2 Å². The molecule has 1 aliphatic rings. The quantitative estimate of drug-likeness (QED) is 0.495. The molecular weight excluding hydrogens is 423 g/mol. The highest BCUT2D eigenvalue weighted by Gasteiger charge is 2.33. The Bertz CT molecular complexity index is 881. The number of amides is 1. The number of thioether (sulfide) groups is 1. The summed E-state index contributed by atoms with van der Waals surface area (Å²) in [5.74, 6) is -0.551. The van der Waals surface area contributed by atoms with E-state index >= 15 is 0 Å². The summed E-state index contributed by atoms with van der Waals surface area (Å²) in [6, 6.07) is 11.6. The smallest absolute Gasteiger partial charge is 0.270 e. The lowest BCUT2D eigenvalue weighted by Gasteiger charge is -2.15. The topological polar surface area (TPSA) is 23.6 Å². The molecule has 25 heavy (non-hydrogen) atoms. The predicted octanol–water partition coefficient (Wildman–Crippen LogP) is 5.06. The molecule has 0 spiro atoms. The second kappa shape index (κ2) is 7.27. The second-order valence-corrected chi connectivity index (χ2v) is 8.13. The van der Waals surface area contributed by atoms with Gasteiger partial charge < -0.3 is 4.90 Å². The first-order valence-electron chi connectivity index (χ1n) is 7.37. The van der Waals surface area contributed by atoms with Crippen LogP contribution in [0.25, 0.3) is 6.08 Å². The number of halogens is 2. The van der Waals surface area contributed by atoms with Crippen molar-refractivity contribution in [2.45, 2.75) is 0 Å². The van der Waals surface area contributed by atoms with Gasteiger partial charge in [0.05, 0.1) is 16.3 Å². The number of hydrogen-bond acceptors (Lipinski definition) is 4. The Morgan fingerprint density at radius 1 is 1.20 bits per heavy atom. The highest BCUT2D eigenvalue weighted by molar-refractivity contribution is 9.10. The minimum Gasteiger partial charge on any atom is -0.377 e. The third-order valence-corrected chi connectivity index (χ3v) is 5.57. The molecule has 7 heteroatoms.